The van der Waals surface area contributed by atoms with E-state index in [1.54, 1.807) is 18.2 Å². The first-order chi connectivity index (χ1) is 12.4. The van der Waals surface area contributed by atoms with Crippen molar-refractivity contribution < 1.29 is 13.6 Å². The van der Waals surface area contributed by atoms with Gasteiger partial charge in [-0.05, 0) is 29.8 Å². The maximum atomic E-state index is 13.4. The number of rotatable bonds is 4. The lowest BCUT2D eigenvalue weighted by Crippen LogP contribution is -2.11. The topological polar surface area (TPSA) is 30.2 Å². The fourth-order valence-corrected chi connectivity index (χ4v) is 2.99. The monoisotopic (exact) mass is 348 g/mol. The molecule has 0 unspecified atom stereocenters. The molecule has 2 nitrogen and oxygen atoms in total. The van der Waals surface area contributed by atoms with Crippen LogP contribution in [-0.2, 0) is 10.2 Å². The average Bonchev–Trinajstić information content (AvgIpc) is 3.01. The van der Waals surface area contributed by atoms with Crippen molar-refractivity contribution in [1.29, 1.82) is 0 Å². The molecule has 1 heterocycles. The highest BCUT2D eigenvalue weighted by Gasteiger charge is 2.28. The molecule has 0 saturated carbocycles. The number of carbonyl (C=O) groups is 1. The third kappa shape index (κ3) is 3.52. The fourth-order valence-electron chi connectivity index (χ4n) is 2.99. The SMILES string of the molecule is CC(C)(C)c1oc(-c2ccccc2)c(-c2ccc(F)cc2)c1C=CC=O. The van der Waals surface area contributed by atoms with Crippen molar-refractivity contribution in [2.45, 2.75) is 26.2 Å². The van der Waals surface area contributed by atoms with Gasteiger partial charge in [0, 0.05) is 22.1 Å². The number of carbonyl (C=O) groups excluding carboxylic acids is 1. The first-order valence-electron chi connectivity index (χ1n) is 8.52. The van der Waals surface area contributed by atoms with E-state index in [1.165, 1.54) is 18.2 Å². The molecule has 0 aliphatic rings. The summed E-state index contributed by atoms with van der Waals surface area (Å²) in [6.45, 7) is 6.19. The van der Waals surface area contributed by atoms with E-state index in [0.29, 0.717) is 5.76 Å². The van der Waals surface area contributed by atoms with Gasteiger partial charge in [0.05, 0.1) is 0 Å². The summed E-state index contributed by atoms with van der Waals surface area (Å²) < 4.78 is 19.8. The number of hydrogen-bond acceptors (Lipinski definition) is 2. The van der Waals surface area contributed by atoms with Gasteiger partial charge >= 0.3 is 0 Å². The molecule has 0 amide bonds. The zero-order chi connectivity index (χ0) is 18.7. The molecule has 1 aromatic heterocycles. The zero-order valence-corrected chi connectivity index (χ0v) is 15.1. The third-order valence-electron chi connectivity index (χ3n) is 4.14. The van der Waals surface area contributed by atoms with Gasteiger partial charge in [-0.15, -0.1) is 0 Å². The number of hydrogen-bond donors (Lipinski definition) is 0. The zero-order valence-electron chi connectivity index (χ0n) is 15.1. The molecule has 0 aliphatic heterocycles. The van der Waals surface area contributed by atoms with Crippen LogP contribution in [0.4, 0.5) is 4.39 Å². The van der Waals surface area contributed by atoms with Gasteiger partial charge in [-0.2, -0.15) is 0 Å². The Bertz CT molecular complexity index is 927. The summed E-state index contributed by atoms with van der Waals surface area (Å²) in [5.74, 6) is 1.21. The van der Waals surface area contributed by atoms with Crippen LogP contribution in [0.2, 0.25) is 0 Å². The van der Waals surface area contributed by atoms with E-state index < -0.39 is 0 Å². The maximum Gasteiger partial charge on any atom is 0.142 e. The predicted molar refractivity (Wildman–Crippen MR) is 103 cm³/mol. The Kier molecular flexibility index (Phi) is 4.90. The van der Waals surface area contributed by atoms with Gasteiger partial charge in [-0.25, -0.2) is 4.39 Å². The largest absolute Gasteiger partial charge is 0.459 e. The van der Waals surface area contributed by atoms with Crippen LogP contribution >= 0.6 is 0 Å². The van der Waals surface area contributed by atoms with Crippen LogP contribution in [0, 0.1) is 5.82 Å². The van der Waals surface area contributed by atoms with Crippen LogP contribution in [0.25, 0.3) is 28.5 Å². The molecule has 0 saturated heterocycles. The minimum Gasteiger partial charge on any atom is -0.459 e. The summed E-state index contributed by atoms with van der Waals surface area (Å²) >= 11 is 0. The highest BCUT2D eigenvalue weighted by atomic mass is 19.1. The van der Waals surface area contributed by atoms with Crippen LogP contribution in [0.3, 0.4) is 0 Å². The summed E-state index contributed by atoms with van der Waals surface area (Å²) in [6, 6.07) is 16.1. The molecule has 26 heavy (non-hydrogen) atoms. The number of benzene rings is 2. The van der Waals surface area contributed by atoms with Gasteiger partial charge in [-0.3, -0.25) is 4.79 Å². The Morgan fingerprint density at radius 1 is 0.923 bits per heavy atom. The molecule has 0 N–H and O–H groups in total. The van der Waals surface area contributed by atoms with Crippen molar-refractivity contribution in [3.05, 3.63) is 77.8 Å². The van der Waals surface area contributed by atoms with Gasteiger partial charge in [0.15, 0.2) is 0 Å². The summed E-state index contributed by atoms with van der Waals surface area (Å²) in [7, 11) is 0. The van der Waals surface area contributed by atoms with Crippen molar-refractivity contribution in [3.8, 4) is 22.5 Å². The second-order valence-electron chi connectivity index (χ2n) is 7.17. The second-order valence-corrected chi connectivity index (χ2v) is 7.17. The summed E-state index contributed by atoms with van der Waals surface area (Å²) in [4.78, 5) is 10.9. The molecule has 0 spiro atoms. The van der Waals surface area contributed by atoms with E-state index in [0.717, 1.165) is 34.3 Å². The van der Waals surface area contributed by atoms with Gasteiger partial charge in [0.25, 0.3) is 0 Å². The molecule has 0 radical (unpaired) electrons. The van der Waals surface area contributed by atoms with E-state index in [9.17, 15) is 9.18 Å². The first kappa shape index (κ1) is 17.9. The summed E-state index contributed by atoms with van der Waals surface area (Å²) in [5, 5.41) is 0. The van der Waals surface area contributed by atoms with Gasteiger partial charge < -0.3 is 4.42 Å². The minimum absolute atomic E-state index is 0.260. The van der Waals surface area contributed by atoms with Gasteiger partial charge in [0.1, 0.15) is 23.6 Å². The number of allylic oxidation sites excluding steroid dienone is 1. The number of halogens is 1. The van der Waals surface area contributed by atoms with Crippen LogP contribution < -0.4 is 0 Å². The Morgan fingerprint density at radius 2 is 1.58 bits per heavy atom. The number of furan rings is 1. The van der Waals surface area contributed by atoms with Gasteiger partial charge in [-0.1, -0.05) is 63.2 Å². The lowest BCUT2D eigenvalue weighted by molar-refractivity contribution is -0.104. The van der Waals surface area contributed by atoms with Crippen molar-refractivity contribution >= 4 is 12.4 Å². The lowest BCUT2D eigenvalue weighted by Gasteiger charge is -2.16. The Morgan fingerprint density at radius 3 is 2.15 bits per heavy atom. The van der Waals surface area contributed by atoms with E-state index in [4.69, 9.17) is 4.42 Å². The molecular formula is C23H21FO2. The molecule has 2 aromatic carbocycles. The minimum atomic E-state index is -0.292. The van der Waals surface area contributed by atoms with Crippen LogP contribution in [0.15, 0.2) is 65.1 Å². The molecule has 3 rings (SSSR count). The molecule has 0 fully saturated rings. The van der Waals surface area contributed by atoms with Crippen LogP contribution in [0.5, 0.6) is 0 Å². The molecule has 0 atom stereocenters. The van der Waals surface area contributed by atoms with Gasteiger partial charge in [0.2, 0.25) is 0 Å². The van der Waals surface area contributed by atoms with E-state index in [1.807, 2.05) is 30.3 Å². The quantitative estimate of drug-likeness (QED) is 0.411. The third-order valence-corrected chi connectivity index (χ3v) is 4.14. The number of aldehydes is 1. The highest BCUT2D eigenvalue weighted by molar-refractivity contribution is 5.90. The normalized spacial score (nSPS) is 11.8. The molecule has 132 valence electrons. The Labute approximate surface area is 153 Å². The highest BCUT2D eigenvalue weighted by Crippen LogP contribution is 2.43. The average molecular weight is 348 g/mol. The first-order valence-corrected chi connectivity index (χ1v) is 8.52. The smallest absolute Gasteiger partial charge is 0.142 e. The summed E-state index contributed by atoms with van der Waals surface area (Å²) in [5.41, 5.74) is 3.22. The van der Waals surface area contributed by atoms with E-state index in [2.05, 4.69) is 20.8 Å². The molecular weight excluding hydrogens is 327 g/mol. The van der Waals surface area contributed by atoms with E-state index in [-0.39, 0.29) is 11.2 Å². The van der Waals surface area contributed by atoms with Crippen molar-refractivity contribution in [2.24, 2.45) is 0 Å². The molecule has 0 aliphatic carbocycles. The molecule has 3 heteroatoms. The molecule has 3 aromatic rings. The standard InChI is InChI=1S/C23H21FO2/c1-23(2,3)22-19(10-7-15-25)20(16-11-13-18(24)14-12-16)21(26-22)17-8-5-4-6-9-17/h4-15H,1-3H3. The lowest BCUT2D eigenvalue weighted by atomic mass is 9.87. The van der Waals surface area contributed by atoms with Crippen molar-refractivity contribution in [3.63, 3.8) is 0 Å². The summed E-state index contributed by atoms with van der Waals surface area (Å²) in [6.07, 6.45) is 3.97. The van der Waals surface area contributed by atoms with Crippen molar-refractivity contribution in [1.82, 2.24) is 0 Å². The Hall–Kier alpha value is -2.94. The Balaban J connectivity index is 2.36. The van der Waals surface area contributed by atoms with Crippen LogP contribution in [0.1, 0.15) is 32.1 Å². The molecule has 0 bridgehead atoms. The second kappa shape index (κ2) is 7.12. The van der Waals surface area contributed by atoms with Crippen LogP contribution in [-0.4, -0.2) is 6.29 Å². The maximum absolute atomic E-state index is 13.4. The predicted octanol–water partition coefficient (Wildman–Crippen LogP) is 6.26. The van der Waals surface area contributed by atoms with E-state index >= 15 is 0 Å². The van der Waals surface area contributed by atoms with Crippen molar-refractivity contribution in [2.75, 3.05) is 0 Å². The fraction of sp³-hybridized carbons (Fsp3) is 0.174.